The summed E-state index contributed by atoms with van der Waals surface area (Å²) in [6.45, 7) is 4.16. The van der Waals surface area contributed by atoms with E-state index in [1.165, 1.54) is 0 Å². The van der Waals surface area contributed by atoms with E-state index in [9.17, 15) is 5.11 Å². The first-order valence-corrected chi connectivity index (χ1v) is 7.30. The van der Waals surface area contributed by atoms with Gasteiger partial charge in [0.25, 0.3) is 0 Å². The van der Waals surface area contributed by atoms with Crippen molar-refractivity contribution in [1.82, 2.24) is 19.4 Å². The number of fused-ring (bicyclic) bond motifs is 1. The zero-order chi connectivity index (χ0) is 15.5. The van der Waals surface area contributed by atoms with E-state index in [1.54, 1.807) is 18.6 Å². The van der Waals surface area contributed by atoms with Gasteiger partial charge in [0.1, 0.15) is 0 Å². The standard InChI is InChI=1S/C16H19N5O/c1-11(2)14(10-22)20-15-16-18-6-7-21(16)9-13(19-15)12-4-3-5-17-8-12/h3-9,11,14,22H,10H2,1-2H3,(H,19,20)/t14-/m1/s1. The molecule has 0 amide bonds. The summed E-state index contributed by atoms with van der Waals surface area (Å²) in [7, 11) is 0. The molecule has 1 atom stereocenters. The SMILES string of the molecule is CC(C)[C@@H](CO)Nc1nc(-c2cccnc2)cn2ccnc12. The quantitative estimate of drug-likeness (QED) is 0.755. The number of imidazole rings is 1. The largest absolute Gasteiger partial charge is 0.394 e. The Kier molecular flexibility index (Phi) is 4.02. The Bertz CT molecular complexity index is 754. The predicted molar refractivity (Wildman–Crippen MR) is 85.6 cm³/mol. The summed E-state index contributed by atoms with van der Waals surface area (Å²) in [5.41, 5.74) is 2.49. The lowest BCUT2D eigenvalue weighted by Gasteiger charge is -2.21. The van der Waals surface area contributed by atoms with Crippen molar-refractivity contribution in [3.63, 3.8) is 0 Å². The van der Waals surface area contributed by atoms with E-state index in [-0.39, 0.29) is 18.6 Å². The van der Waals surface area contributed by atoms with Gasteiger partial charge in [-0.25, -0.2) is 9.97 Å². The van der Waals surface area contributed by atoms with E-state index in [0.29, 0.717) is 5.82 Å². The number of aliphatic hydroxyl groups excluding tert-OH is 1. The zero-order valence-electron chi connectivity index (χ0n) is 12.6. The van der Waals surface area contributed by atoms with E-state index >= 15 is 0 Å². The number of pyridine rings is 1. The molecule has 0 unspecified atom stereocenters. The molecule has 22 heavy (non-hydrogen) atoms. The second-order valence-electron chi connectivity index (χ2n) is 5.55. The van der Waals surface area contributed by atoms with Crippen LogP contribution in [-0.4, -0.2) is 37.1 Å². The average molecular weight is 297 g/mol. The van der Waals surface area contributed by atoms with Crippen molar-refractivity contribution < 1.29 is 5.11 Å². The van der Waals surface area contributed by atoms with Gasteiger partial charge in [-0.3, -0.25) is 4.98 Å². The second-order valence-corrected chi connectivity index (χ2v) is 5.55. The Morgan fingerprint density at radius 1 is 1.32 bits per heavy atom. The van der Waals surface area contributed by atoms with Gasteiger partial charge < -0.3 is 14.8 Å². The summed E-state index contributed by atoms with van der Waals surface area (Å²) in [4.78, 5) is 13.1. The molecule has 0 radical (unpaired) electrons. The number of aliphatic hydroxyl groups is 1. The van der Waals surface area contributed by atoms with E-state index < -0.39 is 0 Å². The zero-order valence-corrected chi connectivity index (χ0v) is 12.6. The summed E-state index contributed by atoms with van der Waals surface area (Å²) in [5.74, 6) is 0.947. The Hall–Kier alpha value is -2.47. The van der Waals surface area contributed by atoms with Crippen LogP contribution in [0.3, 0.4) is 0 Å². The first kappa shape index (κ1) is 14.5. The van der Waals surface area contributed by atoms with Crippen molar-refractivity contribution in [1.29, 1.82) is 0 Å². The van der Waals surface area contributed by atoms with E-state index in [4.69, 9.17) is 0 Å². The summed E-state index contributed by atoms with van der Waals surface area (Å²) in [6, 6.07) is 3.78. The number of aromatic nitrogens is 4. The van der Waals surface area contributed by atoms with Crippen molar-refractivity contribution in [2.75, 3.05) is 11.9 Å². The number of hydrogen-bond donors (Lipinski definition) is 2. The smallest absolute Gasteiger partial charge is 0.180 e. The molecule has 3 aromatic heterocycles. The number of anilines is 1. The minimum absolute atomic E-state index is 0.0450. The normalized spacial score (nSPS) is 12.7. The lowest BCUT2D eigenvalue weighted by Crippen LogP contribution is -2.30. The van der Waals surface area contributed by atoms with Gasteiger partial charge in [0.2, 0.25) is 0 Å². The molecule has 2 N–H and O–H groups in total. The molecular formula is C16H19N5O. The second kappa shape index (κ2) is 6.11. The highest BCUT2D eigenvalue weighted by Gasteiger charge is 2.16. The Morgan fingerprint density at radius 2 is 2.18 bits per heavy atom. The number of hydrogen-bond acceptors (Lipinski definition) is 5. The van der Waals surface area contributed by atoms with Gasteiger partial charge in [0, 0.05) is 36.5 Å². The van der Waals surface area contributed by atoms with Gasteiger partial charge in [-0.15, -0.1) is 0 Å². The maximum Gasteiger partial charge on any atom is 0.180 e. The van der Waals surface area contributed by atoms with Crippen molar-refractivity contribution in [2.24, 2.45) is 5.92 Å². The Morgan fingerprint density at radius 3 is 2.86 bits per heavy atom. The molecule has 0 aliphatic carbocycles. The van der Waals surface area contributed by atoms with Gasteiger partial charge in [-0.05, 0) is 18.1 Å². The average Bonchev–Trinajstić information content (AvgIpc) is 3.01. The number of rotatable bonds is 5. The molecule has 3 rings (SSSR count). The summed E-state index contributed by atoms with van der Waals surface area (Å²) < 4.78 is 1.92. The van der Waals surface area contributed by atoms with Crippen molar-refractivity contribution in [2.45, 2.75) is 19.9 Å². The Labute approximate surface area is 128 Å². The maximum absolute atomic E-state index is 9.54. The van der Waals surface area contributed by atoms with E-state index in [0.717, 1.165) is 16.9 Å². The number of nitrogens with zero attached hydrogens (tertiary/aromatic N) is 4. The van der Waals surface area contributed by atoms with Gasteiger partial charge >= 0.3 is 0 Å². The lowest BCUT2D eigenvalue weighted by atomic mass is 10.1. The highest BCUT2D eigenvalue weighted by atomic mass is 16.3. The summed E-state index contributed by atoms with van der Waals surface area (Å²) in [5, 5.41) is 12.8. The van der Waals surface area contributed by atoms with Crippen molar-refractivity contribution in [3.8, 4) is 11.3 Å². The first-order chi connectivity index (χ1) is 10.7. The molecule has 0 bridgehead atoms. The van der Waals surface area contributed by atoms with E-state index in [1.807, 2.05) is 28.9 Å². The third kappa shape index (κ3) is 2.78. The monoisotopic (exact) mass is 297 g/mol. The molecule has 0 aliphatic heterocycles. The molecule has 0 saturated heterocycles. The minimum atomic E-state index is -0.0721. The molecule has 3 heterocycles. The molecule has 6 nitrogen and oxygen atoms in total. The highest BCUT2D eigenvalue weighted by molar-refractivity contribution is 5.69. The molecule has 3 aromatic rings. The van der Waals surface area contributed by atoms with E-state index in [2.05, 4.69) is 34.1 Å². The van der Waals surface area contributed by atoms with Crippen LogP contribution in [0.25, 0.3) is 16.9 Å². The summed E-state index contributed by atoms with van der Waals surface area (Å²) in [6.07, 6.45) is 9.05. The molecule has 114 valence electrons. The fourth-order valence-corrected chi connectivity index (χ4v) is 2.28. The van der Waals surface area contributed by atoms with Gasteiger partial charge in [-0.1, -0.05) is 13.8 Å². The number of nitrogens with one attached hydrogen (secondary N) is 1. The molecule has 0 aliphatic rings. The lowest BCUT2D eigenvalue weighted by molar-refractivity contribution is 0.249. The maximum atomic E-state index is 9.54. The van der Waals surface area contributed by atoms with Crippen LogP contribution in [0.2, 0.25) is 0 Å². The Balaban J connectivity index is 2.06. The molecule has 0 spiro atoms. The fourth-order valence-electron chi connectivity index (χ4n) is 2.28. The van der Waals surface area contributed by atoms with Gasteiger partial charge in [-0.2, -0.15) is 0 Å². The molecular weight excluding hydrogens is 278 g/mol. The molecule has 0 fully saturated rings. The third-order valence-electron chi connectivity index (χ3n) is 3.65. The first-order valence-electron chi connectivity index (χ1n) is 7.30. The fraction of sp³-hybridized carbons (Fsp3) is 0.312. The topological polar surface area (TPSA) is 75.3 Å². The van der Waals surface area contributed by atoms with Gasteiger partial charge in [0.15, 0.2) is 11.5 Å². The van der Waals surface area contributed by atoms with Crippen LogP contribution in [0.5, 0.6) is 0 Å². The third-order valence-corrected chi connectivity index (χ3v) is 3.65. The molecule has 0 saturated carbocycles. The van der Waals surface area contributed by atoms with Gasteiger partial charge in [0.05, 0.1) is 18.3 Å². The van der Waals surface area contributed by atoms with Crippen LogP contribution in [0.1, 0.15) is 13.8 Å². The van der Waals surface area contributed by atoms with Crippen LogP contribution in [-0.2, 0) is 0 Å². The summed E-state index contributed by atoms with van der Waals surface area (Å²) >= 11 is 0. The van der Waals surface area contributed by atoms with Crippen molar-refractivity contribution >= 4 is 11.5 Å². The van der Waals surface area contributed by atoms with Crippen LogP contribution >= 0.6 is 0 Å². The van der Waals surface area contributed by atoms with Crippen molar-refractivity contribution in [3.05, 3.63) is 43.1 Å². The van der Waals surface area contributed by atoms with Crippen LogP contribution in [0, 0.1) is 5.92 Å². The van der Waals surface area contributed by atoms with Crippen LogP contribution in [0.15, 0.2) is 43.1 Å². The highest BCUT2D eigenvalue weighted by Crippen LogP contribution is 2.22. The molecule has 6 heteroatoms. The van der Waals surface area contributed by atoms with Crippen LogP contribution < -0.4 is 5.32 Å². The van der Waals surface area contributed by atoms with Crippen LogP contribution in [0.4, 0.5) is 5.82 Å². The predicted octanol–water partition coefficient (Wildman–Crippen LogP) is 2.22. The minimum Gasteiger partial charge on any atom is -0.394 e. The molecule has 0 aromatic carbocycles.